The van der Waals surface area contributed by atoms with Crippen molar-refractivity contribution in [2.24, 2.45) is 0 Å². The van der Waals surface area contributed by atoms with Crippen molar-refractivity contribution >= 4 is 71.7 Å². The maximum atomic E-state index is 6.41. The standard InChI is InChI=1S/C46H31NO/c1-2-9-30(10-3-1)32-14-8-15-36(25-32)47(38-20-24-45-44(29-38)43-27-33-12-4-5-13-34(33)28-46(43)48-45)37-19-23-40-35(26-37)18-22-41-39-16-7-6-11-31(39)17-21-42(40)41/h1-25,27-29,37H,26H2. The van der Waals surface area contributed by atoms with Gasteiger partial charge in [0, 0.05) is 22.1 Å². The van der Waals surface area contributed by atoms with Crippen LogP contribution in [0.25, 0.3) is 71.5 Å². The van der Waals surface area contributed by atoms with Gasteiger partial charge < -0.3 is 9.32 Å². The minimum absolute atomic E-state index is 0.123. The Labute approximate surface area is 278 Å². The van der Waals surface area contributed by atoms with E-state index in [4.69, 9.17) is 4.42 Å². The third-order valence-electron chi connectivity index (χ3n) is 10.1. The molecule has 1 heterocycles. The average molecular weight is 614 g/mol. The van der Waals surface area contributed by atoms with Crippen molar-refractivity contribution < 1.29 is 4.42 Å². The second kappa shape index (κ2) is 10.7. The van der Waals surface area contributed by atoms with E-state index < -0.39 is 0 Å². The number of nitrogens with zero attached hydrogens (tertiary/aromatic N) is 1. The lowest BCUT2D eigenvalue weighted by molar-refractivity contribution is 0.669. The van der Waals surface area contributed by atoms with Gasteiger partial charge in [-0.05, 0) is 103 Å². The van der Waals surface area contributed by atoms with Gasteiger partial charge in [0.05, 0.1) is 6.04 Å². The molecule has 0 amide bonds. The number of hydrogen-bond donors (Lipinski definition) is 0. The number of hydrogen-bond acceptors (Lipinski definition) is 2. The van der Waals surface area contributed by atoms with Gasteiger partial charge in [0.25, 0.3) is 0 Å². The SMILES string of the molecule is C1=CC(N(c2cccc(-c3ccccc3)c2)c2ccc3oc4cc5ccccc5cc4c3c2)Cc2ccc3c(ccc4ccccc43)c21. The molecule has 1 aliphatic carbocycles. The van der Waals surface area contributed by atoms with Crippen molar-refractivity contribution in [1.29, 1.82) is 0 Å². The van der Waals surface area contributed by atoms with Crippen molar-refractivity contribution in [1.82, 2.24) is 0 Å². The molecule has 1 atom stereocenters. The van der Waals surface area contributed by atoms with Crippen LogP contribution in [0.5, 0.6) is 0 Å². The van der Waals surface area contributed by atoms with Gasteiger partial charge in [0.2, 0.25) is 0 Å². The number of furan rings is 1. The molecule has 8 aromatic carbocycles. The molecule has 0 spiro atoms. The lowest BCUT2D eigenvalue weighted by Crippen LogP contribution is -2.33. The molecule has 0 aliphatic heterocycles. The van der Waals surface area contributed by atoms with Crippen LogP contribution in [-0.4, -0.2) is 6.04 Å². The Balaban J connectivity index is 1.14. The zero-order chi connectivity index (χ0) is 31.6. The molecule has 9 aromatic rings. The van der Waals surface area contributed by atoms with Crippen LogP contribution in [0, 0.1) is 0 Å². The number of rotatable bonds is 4. The third kappa shape index (κ3) is 4.34. The van der Waals surface area contributed by atoms with Crippen molar-refractivity contribution in [2.45, 2.75) is 12.5 Å². The summed E-state index contributed by atoms with van der Waals surface area (Å²) in [6.07, 6.45) is 5.66. The van der Waals surface area contributed by atoms with E-state index in [1.807, 2.05) is 0 Å². The van der Waals surface area contributed by atoms with Gasteiger partial charge in [0.1, 0.15) is 11.2 Å². The fraction of sp³-hybridized carbons (Fsp3) is 0.0435. The van der Waals surface area contributed by atoms with Crippen molar-refractivity contribution in [3.8, 4) is 11.1 Å². The van der Waals surface area contributed by atoms with E-state index in [-0.39, 0.29) is 6.04 Å². The lowest BCUT2D eigenvalue weighted by Gasteiger charge is -2.35. The van der Waals surface area contributed by atoms with E-state index in [1.54, 1.807) is 0 Å². The van der Waals surface area contributed by atoms with Crippen molar-refractivity contribution in [3.05, 3.63) is 175 Å². The summed E-state index contributed by atoms with van der Waals surface area (Å²) in [7, 11) is 0. The maximum Gasteiger partial charge on any atom is 0.136 e. The first-order valence-electron chi connectivity index (χ1n) is 16.7. The first kappa shape index (κ1) is 27.0. The molecule has 48 heavy (non-hydrogen) atoms. The van der Waals surface area contributed by atoms with Crippen LogP contribution in [-0.2, 0) is 6.42 Å². The molecule has 226 valence electrons. The van der Waals surface area contributed by atoms with E-state index >= 15 is 0 Å². The highest BCUT2D eigenvalue weighted by Gasteiger charge is 2.25. The van der Waals surface area contributed by atoms with Gasteiger partial charge in [-0.1, -0.05) is 127 Å². The van der Waals surface area contributed by atoms with Gasteiger partial charge in [-0.2, -0.15) is 0 Å². The quantitative estimate of drug-likeness (QED) is 0.184. The molecule has 1 aliphatic rings. The largest absolute Gasteiger partial charge is 0.456 e. The van der Waals surface area contributed by atoms with Gasteiger partial charge >= 0.3 is 0 Å². The second-order valence-corrected chi connectivity index (χ2v) is 12.9. The zero-order valence-electron chi connectivity index (χ0n) is 26.3. The highest BCUT2D eigenvalue weighted by Crippen LogP contribution is 2.41. The zero-order valence-corrected chi connectivity index (χ0v) is 26.3. The first-order valence-corrected chi connectivity index (χ1v) is 16.7. The van der Waals surface area contributed by atoms with E-state index in [1.165, 1.54) is 60.3 Å². The summed E-state index contributed by atoms with van der Waals surface area (Å²) in [5.74, 6) is 0. The first-order chi connectivity index (χ1) is 23.8. The van der Waals surface area contributed by atoms with Crippen LogP contribution < -0.4 is 4.90 Å². The Hall–Kier alpha value is -6.12. The summed E-state index contributed by atoms with van der Waals surface area (Å²) < 4.78 is 6.41. The van der Waals surface area contributed by atoms with E-state index in [9.17, 15) is 0 Å². The fourth-order valence-electron chi connectivity index (χ4n) is 7.81. The summed E-state index contributed by atoms with van der Waals surface area (Å²) in [5, 5.41) is 9.90. The highest BCUT2D eigenvalue weighted by atomic mass is 16.3. The summed E-state index contributed by atoms with van der Waals surface area (Å²) in [5.41, 5.74) is 9.26. The molecule has 0 bridgehead atoms. The topological polar surface area (TPSA) is 16.4 Å². The Morgan fingerprint density at radius 3 is 2.08 bits per heavy atom. The maximum absolute atomic E-state index is 6.41. The predicted molar refractivity (Wildman–Crippen MR) is 203 cm³/mol. The van der Waals surface area contributed by atoms with E-state index in [2.05, 4.69) is 175 Å². The molecule has 0 N–H and O–H groups in total. The lowest BCUT2D eigenvalue weighted by atomic mass is 9.87. The number of fused-ring (bicyclic) bond motifs is 9. The van der Waals surface area contributed by atoms with Crippen LogP contribution in [0.1, 0.15) is 11.1 Å². The highest BCUT2D eigenvalue weighted by molar-refractivity contribution is 6.12. The van der Waals surface area contributed by atoms with Gasteiger partial charge in [-0.25, -0.2) is 0 Å². The van der Waals surface area contributed by atoms with Crippen LogP contribution in [0.4, 0.5) is 11.4 Å². The molecule has 10 rings (SSSR count). The normalized spacial score (nSPS) is 14.3. The van der Waals surface area contributed by atoms with Gasteiger partial charge in [0.15, 0.2) is 0 Å². The van der Waals surface area contributed by atoms with Crippen molar-refractivity contribution in [3.63, 3.8) is 0 Å². The van der Waals surface area contributed by atoms with Crippen LogP contribution in [0.2, 0.25) is 0 Å². The summed E-state index contributed by atoms with van der Waals surface area (Å²) in [6.45, 7) is 0. The second-order valence-electron chi connectivity index (χ2n) is 12.9. The van der Waals surface area contributed by atoms with Crippen LogP contribution in [0.15, 0.2) is 168 Å². The number of benzene rings is 8. The summed E-state index contributed by atoms with van der Waals surface area (Å²) in [4.78, 5) is 2.51. The Bertz CT molecular complexity index is 2720. The van der Waals surface area contributed by atoms with Gasteiger partial charge in [-0.3, -0.25) is 0 Å². The molecule has 1 unspecified atom stereocenters. The summed E-state index contributed by atoms with van der Waals surface area (Å²) in [6, 6.07) is 57.3. The Morgan fingerprint density at radius 1 is 0.458 bits per heavy atom. The predicted octanol–water partition coefficient (Wildman–Crippen LogP) is 12.5. The smallest absolute Gasteiger partial charge is 0.136 e. The van der Waals surface area contributed by atoms with Crippen LogP contribution >= 0.6 is 0 Å². The molecular weight excluding hydrogens is 583 g/mol. The molecular formula is C46H31NO. The Morgan fingerprint density at radius 2 is 1.19 bits per heavy atom. The Kier molecular flexibility index (Phi) is 6.04. The number of anilines is 2. The van der Waals surface area contributed by atoms with E-state index in [0.717, 1.165) is 34.0 Å². The molecule has 2 nitrogen and oxygen atoms in total. The summed E-state index contributed by atoms with van der Waals surface area (Å²) >= 11 is 0. The molecule has 0 radical (unpaired) electrons. The van der Waals surface area contributed by atoms with Gasteiger partial charge in [-0.15, -0.1) is 0 Å². The average Bonchev–Trinajstić information content (AvgIpc) is 3.50. The van der Waals surface area contributed by atoms with Crippen molar-refractivity contribution in [2.75, 3.05) is 4.90 Å². The minimum atomic E-state index is 0.123. The molecule has 0 saturated carbocycles. The molecule has 0 fully saturated rings. The molecule has 0 saturated heterocycles. The molecule has 1 aromatic heterocycles. The monoisotopic (exact) mass is 613 g/mol. The van der Waals surface area contributed by atoms with Crippen LogP contribution in [0.3, 0.4) is 0 Å². The fourth-order valence-corrected chi connectivity index (χ4v) is 7.81. The minimum Gasteiger partial charge on any atom is -0.456 e. The molecule has 2 heteroatoms. The van der Waals surface area contributed by atoms with E-state index in [0.29, 0.717) is 0 Å². The third-order valence-corrected chi connectivity index (χ3v) is 10.1.